The van der Waals surface area contributed by atoms with Gasteiger partial charge in [0, 0.05) is 28.2 Å². The highest BCUT2D eigenvalue weighted by Gasteiger charge is 2.03. The van der Waals surface area contributed by atoms with Gasteiger partial charge in [0.2, 0.25) is 3.79 Å². The highest BCUT2D eigenvalue weighted by Crippen LogP contribution is 2.19. The Kier molecular flexibility index (Phi) is 3.08. The number of aryl methyl sites for hydroxylation is 1. The van der Waals surface area contributed by atoms with E-state index in [9.17, 15) is 4.79 Å². The van der Waals surface area contributed by atoms with Gasteiger partial charge >= 0.3 is 0 Å². The molecule has 0 aliphatic rings. The summed E-state index contributed by atoms with van der Waals surface area (Å²) < 4.78 is 5.12. The Labute approximate surface area is 85.1 Å². The fourth-order valence-corrected chi connectivity index (χ4v) is 1.34. The van der Waals surface area contributed by atoms with Gasteiger partial charge in [-0.3, -0.25) is 4.79 Å². The fraction of sp³-hybridized carbons (Fsp3) is 0.222. The molecule has 0 amide bonds. The van der Waals surface area contributed by atoms with Crippen LogP contribution in [-0.2, 0) is 0 Å². The van der Waals surface area contributed by atoms with E-state index in [1.165, 1.54) is 0 Å². The van der Waals surface area contributed by atoms with Crippen LogP contribution in [0.4, 0.5) is 0 Å². The molecule has 0 aromatic heterocycles. The van der Waals surface area contributed by atoms with Gasteiger partial charge in [0.05, 0.1) is 7.11 Å². The second-order valence-corrected chi connectivity index (χ2v) is 3.44. The van der Waals surface area contributed by atoms with E-state index in [0.29, 0.717) is 5.56 Å². The third-order valence-electron chi connectivity index (χ3n) is 1.62. The molecule has 64 valence electrons. The van der Waals surface area contributed by atoms with Gasteiger partial charge in [-0.2, -0.15) is 0 Å². The zero-order chi connectivity index (χ0) is 9.14. The van der Waals surface area contributed by atoms with Crippen molar-refractivity contribution in [3.8, 4) is 5.75 Å². The average molecular weight is 276 g/mol. The van der Waals surface area contributed by atoms with Gasteiger partial charge in [-0.1, -0.05) is 0 Å². The molecule has 0 saturated heterocycles. The monoisotopic (exact) mass is 276 g/mol. The van der Waals surface area contributed by atoms with Crippen molar-refractivity contribution in [1.29, 1.82) is 0 Å². The minimum Gasteiger partial charge on any atom is -0.496 e. The Bertz CT molecular complexity index is 307. The maximum atomic E-state index is 10.9. The lowest BCUT2D eigenvalue weighted by Crippen LogP contribution is -1.91. The van der Waals surface area contributed by atoms with E-state index in [-0.39, 0.29) is 3.79 Å². The maximum Gasteiger partial charge on any atom is 0.222 e. The van der Waals surface area contributed by atoms with Crippen LogP contribution >= 0.6 is 22.6 Å². The minimum atomic E-state index is 0.0540. The second-order valence-electron chi connectivity index (χ2n) is 2.46. The number of rotatable bonds is 2. The van der Waals surface area contributed by atoms with Crippen LogP contribution in [0.1, 0.15) is 15.9 Å². The third-order valence-corrected chi connectivity index (χ3v) is 2.24. The molecule has 1 aromatic carbocycles. The lowest BCUT2D eigenvalue weighted by Gasteiger charge is -2.04. The first-order chi connectivity index (χ1) is 5.65. The number of hydrogen-bond acceptors (Lipinski definition) is 2. The van der Waals surface area contributed by atoms with Crippen LogP contribution in [0.15, 0.2) is 18.2 Å². The molecule has 0 saturated carbocycles. The average Bonchev–Trinajstić information content (AvgIpc) is 2.04. The van der Waals surface area contributed by atoms with Gasteiger partial charge in [-0.15, -0.1) is 0 Å². The largest absolute Gasteiger partial charge is 0.496 e. The summed E-state index contributed by atoms with van der Waals surface area (Å²) in [6.45, 7) is 1.92. The van der Waals surface area contributed by atoms with Crippen LogP contribution in [0.3, 0.4) is 0 Å². The van der Waals surface area contributed by atoms with Crippen LogP contribution in [0.25, 0.3) is 0 Å². The van der Waals surface area contributed by atoms with Gasteiger partial charge < -0.3 is 4.74 Å². The molecule has 3 heteroatoms. The highest BCUT2D eigenvalue weighted by atomic mass is 127. The van der Waals surface area contributed by atoms with Gasteiger partial charge in [0.15, 0.2) is 0 Å². The minimum absolute atomic E-state index is 0.0540. The van der Waals surface area contributed by atoms with E-state index in [2.05, 4.69) is 0 Å². The number of carbonyl (C=O) groups is 1. The van der Waals surface area contributed by atoms with Gasteiger partial charge in [0.25, 0.3) is 0 Å². The molecular formula is C9H9IO2. The van der Waals surface area contributed by atoms with E-state index >= 15 is 0 Å². The zero-order valence-electron chi connectivity index (χ0n) is 6.93. The summed E-state index contributed by atoms with van der Waals surface area (Å²) in [5.74, 6) is 0.816. The number of halogens is 1. The quantitative estimate of drug-likeness (QED) is 0.613. The molecule has 0 bridgehead atoms. The fourth-order valence-electron chi connectivity index (χ4n) is 1.00. The standard InChI is InChI=1S/C9H9IO2/c1-6-5-7(9(10)11)3-4-8(6)12-2/h3-5H,1-2H3. The molecule has 0 radical (unpaired) electrons. The summed E-state index contributed by atoms with van der Waals surface area (Å²) in [6.07, 6.45) is 0. The number of carbonyl (C=O) groups excluding carboxylic acids is 1. The molecule has 0 aliphatic heterocycles. The van der Waals surface area contributed by atoms with Crippen molar-refractivity contribution >= 4 is 26.4 Å². The molecule has 0 heterocycles. The van der Waals surface area contributed by atoms with Crippen molar-refractivity contribution in [2.24, 2.45) is 0 Å². The number of hydrogen-bond donors (Lipinski definition) is 0. The Balaban J connectivity index is 3.10. The first-order valence-corrected chi connectivity index (χ1v) is 4.57. The van der Waals surface area contributed by atoms with Crippen LogP contribution in [0, 0.1) is 6.92 Å². The van der Waals surface area contributed by atoms with Crippen LogP contribution in [0.2, 0.25) is 0 Å². The van der Waals surface area contributed by atoms with E-state index in [1.807, 2.05) is 13.0 Å². The van der Waals surface area contributed by atoms with Crippen LogP contribution in [-0.4, -0.2) is 10.9 Å². The molecule has 1 rings (SSSR count). The second kappa shape index (κ2) is 3.89. The molecule has 0 aliphatic carbocycles. The highest BCUT2D eigenvalue weighted by molar-refractivity contribution is 14.1. The molecule has 0 atom stereocenters. The van der Waals surface area contributed by atoms with Gasteiger partial charge in [0.1, 0.15) is 5.75 Å². The van der Waals surface area contributed by atoms with E-state index in [0.717, 1.165) is 11.3 Å². The Morgan fingerprint density at radius 3 is 2.58 bits per heavy atom. The molecule has 0 spiro atoms. The third kappa shape index (κ3) is 1.97. The number of methoxy groups -OCH3 is 1. The maximum absolute atomic E-state index is 10.9. The van der Waals surface area contributed by atoms with Crippen molar-refractivity contribution in [3.63, 3.8) is 0 Å². The normalized spacial score (nSPS) is 9.58. The Morgan fingerprint density at radius 2 is 2.17 bits per heavy atom. The topological polar surface area (TPSA) is 26.3 Å². The van der Waals surface area contributed by atoms with Crippen LogP contribution < -0.4 is 4.74 Å². The van der Waals surface area contributed by atoms with E-state index < -0.39 is 0 Å². The van der Waals surface area contributed by atoms with Crippen molar-refractivity contribution in [3.05, 3.63) is 29.3 Å². The van der Waals surface area contributed by atoms with Crippen molar-refractivity contribution < 1.29 is 9.53 Å². The molecule has 0 unspecified atom stereocenters. The Morgan fingerprint density at radius 1 is 1.50 bits per heavy atom. The van der Waals surface area contributed by atoms with E-state index in [1.54, 1.807) is 41.8 Å². The smallest absolute Gasteiger partial charge is 0.222 e. The summed E-state index contributed by atoms with van der Waals surface area (Å²) in [4.78, 5) is 10.9. The lowest BCUT2D eigenvalue weighted by molar-refractivity contribution is 0.110. The predicted octanol–water partition coefficient (Wildman–Crippen LogP) is 2.58. The molecule has 0 N–H and O–H groups in total. The summed E-state index contributed by atoms with van der Waals surface area (Å²) in [5, 5.41) is 0. The van der Waals surface area contributed by atoms with Crippen molar-refractivity contribution in [2.45, 2.75) is 6.92 Å². The Hall–Kier alpha value is -0.580. The van der Waals surface area contributed by atoms with Crippen LogP contribution in [0.5, 0.6) is 5.75 Å². The first-order valence-electron chi connectivity index (χ1n) is 3.49. The first kappa shape index (κ1) is 9.51. The molecule has 12 heavy (non-hydrogen) atoms. The predicted molar refractivity (Wildman–Crippen MR) is 56.1 cm³/mol. The molecule has 2 nitrogen and oxygen atoms in total. The SMILES string of the molecule is COc1ccc(C(=O)I)cc1C. The molecular weight excluding hydrogens is 267 g/mol. The number of ether oxygens (including phenoxy) is 1. The van der Waals surface area contributed by atoms with Crippen molar-refractivity contribution in [1.82, 2.24) is 0 Å². The number of benzene rings is 1. The van der Waals surface area contributed by atoms with Gasteiger partial charge in [-0.05, 0) is 30.7 Å². The van der Waals surface area contributed by atoms with E-state index in [4.69, 9.17) is 4.74 Å². The summed E-state index contributed by atoms with van der Waals surface area (Å²) in [6, 6.07) is 5.40. The zero-order valence-corrected chi connectivity index (χ0v) is 9.08. The van der Waals surface area contributed by atoms with Gasteiger partial charge in [-0.25, -0.2) is 0 Å². The summed E-state index contributed by atoms with van der Waals surface area (Å²) >= 11 is 1.77. The summed E-state index contributed by atoms with van der Waals surface area (Å²) in [5.41, 5.74) is 1.70. The molecule has 0 fully saturated rings. The summed E-state index contributed by atoms with van der Waals surface area (Å²) in [7, 11) is 1.62. The lowest BCUT2D eigenvalue weighted by atomic mass is 10.1. The van der Waals surface area contributed by atoms with Crippen molar-refractivity contribution in [2.75, 3.05) is 7.11 Å². The molecule has 1 aromatic rings.